The van der Waals surface area contributed by atoms with Crippen molar-refractivity contribution in [2.24, 2.45) is 0 Å². The molecule has 0 atom stereocenters. The lowest BCUT2D eigenvalue weighted by Crippen LogP contribution is -2.06. The molecule has 0 unspecified atom stereocenters. The van der Waals surface area contributed by atoms with Crippen LogP contribution in [0.15, 0.2) is 59.8 Å². The summed E-state index contributed by atoms with van der Waals surface area (Å²) in [6, 6.07) is 16.6. The Kier molecular flexibility index (Phi) is 4.52. The summed E-state index contributed by atoms with van der Waals surface area (Å²) in [6.07, 6.45) is 1.06. The molecule has 0 aliphatic carbocycles. The van der Waals surface area contributed by atoms with Gasteiger partial charge in [0, 0.05) is 16.8 Å². The van der Waals surface area contributed by atoms with E-state index in [9.17, 15) is 8.42 Å². The van der Waals surface area contributed by atoms with Crippen molar-refractivity contribution in [3.63, 3.8) is 0 Å². The Bertz CT molecular complexity index is 1270. The van der Waals surface area contributed by atoms with Crippen LogP contribution in [0, 0.1) is 0 Å². The van der Waals surface area contributed by atoms with Crippen LogP contribution in [0.1, 0.15) is 5.56 Å². The summed E-state index contributed by atoms with van der Waals surface area (Å²) >= 11 is 5.98. The maximum absolute atomic E-state index is 12.1. The SMILES string of the molecule is CS(=O)(=O)c1nc(-c2ccc(Cl)cc2)c2c(N)n(Cc3ccccc3)nc2n1. The van der Waals surface area contributed by atoms with Crippen molar-refractivity contribution in [2.75, 3.05) is 12.0 Å². The highest BCUT2D eigenvalue weighted by atomic mass is 35.5. The highest BCUT2D eigenvalue weighted by Gasteiger charge is 2.22. The molecular formula is C19H16ClN5O2S. The van der Waals surface area contributed by atoms with Crippen molar-refractivity contribution in [2.45, 2.75) is 11.7 Å². The van der Waals surface area contributed by atoms with Crippen LogP contribution in [-0.4, -0.2) is 34.4 Å². The van der Waals surface area contributed by atoms with E-state index in [2.05, 4.69) is 15.1 Å². The van der Waals surface area contributed by atoms with Crippen LogP contribution in [0.5, 0.6) is 0 Å². The number of halogens is 1. The molecule has 7 nitrogen and oxygen atoms in total. The van der Waals surface area contributed by atoms with Crippen LogP contribution < -0.4 is 5.73 Å². The molecule has 2 aromatic carbocycles. The minimum atomic E-state index is -3.63. The van der Waals surface area contributed by atoms with Gasteiger partial charge < -0.3 is 5.73 Å². The Morgan fingerprint density at radius 2 is 1.71 bits per heavy atom. The molecule has 0 saturated heterocycles. The number of hydrogen-bond acceptors (Lipinski definition) is 6. The number of sulfone groups is 1. The first kappa shape index (κ1) is 18.4. The zero-order valence-electron chi connectivity index (χ0n) is 14.9. The van der Waals surface area contributed by atoms with Gasteiger partial charge in [-0.05, 0) is 17.7 Å². The average molecular weight is 414 g/mol. The van der Waals surface area contributed by atoms with Crippen molar-refractivity contribution < 1.29 is 8.42 Å². The molecule has 0 radical (unpaired) electrons. The predicted octanol–water partition coefficient (Wildman–Crippen LogP) is 3.18. The van der Waals surface area contributed by atoms with Crippen LogP contribution in [0.2, 0.25) is 5.02 Å². The molecule has 0 spiro atoms. The topological polar surface area (TPSA) is 104 Å². The summed E-state index contributed by atoms with van der Waals surface area (Å²) in [5.74, 6) is 0.365. The van der Waals surface area contributed by atoms with Gasteiger partial charge in [-0.15, -0.1) is 5.10 Å². The summed E-state index contributed by atoms with van der Waals surface area (Å²) < 4.78 is 25.8. The number of anilines is 1. The third kappa shape index (κ3) is 3.44. The summed E-state index contributed by atoms with van der Waals surface area (Å²) in [5, 5.41) is 5.20. The van der Waals surface area contributed by atoms with Gasteiger partial charge in [-0.3, -0.25) is 0 Å². The smallest absolute Gasteiger partial charge is 0.249 e. The molecule has 0 amide bonds. The molecule has 9 heteroatoms. The Hall–Kier alpha value is -2.97. The Labute approximate surface area is 166 Å². The summed E-state index contributed by atoms with van der Waals surface area (Å²) in [5.41, 5.74) is 8.67. The van der Waals surface area contributed by atoms with Crippen molar-refractivity contribution >= 4 is 38.3 Å². The number of fused-ring (bicyclic) bond motifs is 1. The van der Waals surface area contributed by atoms with Gasteiger partial charge in [0.25, 0.3) is 0 Å². The number of nitrogens with zero attached hydrogens (tertiary/aromatic N) is 4. The van der Waals surface area contributed by atoms with Gasteiger partial charge in [0.05, 0.1) is 17.6 Å². The van der Waals surface area contributed by atoms with Crippen molar-refractivity contribution in [3.8, 4) is 11.3 Å². The van der Waals surface area contributed by atoms with E-state index in [-0.39, 0.29) is 10.8 Å². The molecule has 0 aliphatic rings. The van der Waals surface area contributed by atoms with E-state index in [1.807, 2.05) is 30.3 Å². The van der Waals surface area contributed by atoms with Gasteiger partial charge in [-0.1, -0.05) is 54.1 Å². The van der Waals surface area contributed by atoms with Crippen molar-refractivity contribution in [1.29, 1.82) is 0 Å². The zero-order valence-corrected chi connectivity index (χ0v) is 16.4. The third-order valence-electron chi connectivity index (χ3n) is 4.24. The van der Waals surface area contributed by atoms with Gasteiger partial charge in [-0.2, -0.15) is 4.98 Å². The quantitative estimate of drug-likeness (QED) is 0.515. The second-order valence-corrected chi connectivity index (χ2v) is 8.71. The average Bonchev–Trinajstić information content (AvgIpc) is 2.97. The van der Waals surface area contributed by atoms with E-state index in [1.54, 1.807) is 28.9 Å². The second-order valence-electron chi connectivity index (χ2n) is 6.36. The molecule has 2 aromatic heterocycles. The number of nitrogen functional groups attached to an aromatic ring is 1. The van der Waals surface area contributed by atoms with Crippen LogP contribution >= 0.6 is 11.6 Å². The first-order valence-electron chi connectivity index (χ1n) is 8.37. The number of benzene rings is 2. The number of nitrogens with two attached hydrogens (primary N) is 1. The Morgan fingerprint density at radius 1 is 1.04 bits per heavy atom. The van der Waals surface area contributed by atoms with Crippen LogP contribution in [0.25, 0.3) is 22.3 Å². The molecule has 142 valence electrons. The largest absolute Gasteiger partial charge is 0.383 e. The monoisotopic (exact) mass is 413 g/mol. The summed E-state index contributed by atoms with van der Waals surface area (Å²) in [7, 11) is -3.63. The maximum Gasteiger partial charge on any atom is 0.249 e. The van der Waals surface area contributed by atoms with Gasteiger partial charge >= 0.3 is 0 Å². The predicted molar refractivity (Wildman–Crippen MR) is 109 cm³/mol. The van der Waals surface area contributed by atoms with Gasteiger partial charge in [0.2, 0.25) is 15.0 Å². The van der Waals surface area contributed by atoms with E-state index in [4.69, 9.17) is 17.3 Å². The van der Waals surface area contributed by atoms with E-state index in [1.165, 1.54) is 0 Å². The molecule has 0 saturated carbocycles. The Balaban J connectivity index is 1.96. The summed E-state index contributed by atoms with van der Waals surface area (Å²) in [6.45, 7) is 0.428. The van der Waals surface area contributed by atoms with E-state index in [0.717, 1.165) is 11.8 Å². The van der Waals surface area contributed by atoms with E-state index in [0.29, 0.717) is 34.0 Å². The lowest BCUT2D eigenvalue weighted by Gasteiger charge is -2.06. The number of aromatic nitrogens is 4. The molecule has 0 bridgehead atoms. The first-order chi connectivity index (χ1) is 13.3. The molecule has 4 rings (SSSR count). The highest BCUT2D eigenvalue weighted by Crippen LogP contribution is 2.32. The lowest BCUT2D eigenvalue weighted by atomic mass is 10.1. The fourth-order valence-corrected chi connectivity index (χ4v) is 3.53. The van der Waals surface area contributed by atoms with Gasteiger partial charge in [0.1, 0.15) is 5.82 Å². The summed E-state index contributed by atoms with van der Waals surface area (Å²) in [4.78, 5) is 8.41. The van der Waals surface area contributed by atoms with Gasteiger partial charge in [0.15, 0.2) is 5.65 Å². The number of rotatable bonds is 4. The molecule has 2 heterocycles. The van der Waals surface area contributed by atoms with Crippen LogP contribution in [0.3, 0.4) is 0 Å². The third-order valence-corrected chi connectivity index (χ3v) is 5.34. The molecule has 4 aromatic rings. The minimum Gasteiger partial charge on any atom is -0.383 e. The fraction of sp³-hybridized carbons (Fsp3) is 0.105. The highest BCUT2D eigenvalue weighted by molar-refractivity contribution is 7.90. The normalized spacial score (nSPS) is 11.8. The molecule has 28 heavy (non-hydrogen) atoms. The van der Waals surface area contributed by atoms with E-state index < -0.39 is 9.84 Å². The first-order valence-corrected chi connectivity index (χ1v) is 10.6. The zero-order chi connectivity index (χ0) is 19.9. The molecule has 2 N–H and O–H groups in total. The van der Waals surface area contributed by atoms with Gasteiger partial charge in [-0.25, -0.2) is 18.1 Å². The number of hydrogen-bond donors (Lipinski definition) is 1. The Morgan fingerprint density at radius 3 is 2.36 bits per heavy atom. The molecular weight excluding hydrogens is 398 g/mol. The minimum absolute atomic E-state index is 0.230. The maximum atomic E-state index is 12.1. The standard InChI is InChI=1S/C19H16ClN5O2S/c1-28(26,27)19-22-16(13-7-9-14(20)10-8-13)15-17(21)25(24-18(15)23-19)11-12-5-3-2-4-6-12/h2-10H,11,21H2,1H3. The fourth-order valence-electron chi connectivity index (χ4n) is 2.89. The van der Waals surface area contributed by atoms with Crippen LogP contribution in [0.4, 0.5) is 5.82 Å². The van der Waals surface area contributed by atoms with Crippen LogP contribution in [-0.2, 0) is 16.4 Å². The molecule has 0 aliphatic heterocycles. The van der Waals surface area contributed by atoms with Crippen molar-refractivity contribution in [3.05, 3.63) is 65.2 Å². The lowest BCUT2D eigenvalue weighted by molar-refractivity contribution is 0.593. The van der Waals surface area contributed by atoms with E-state index >= 15 is 0 Å². The van der Waals surface area contributed by atoms with Crippen molar-refractivity contribution in [1.82, 2.24) is 19.7 Å². The molecule has 0 fully saturated rings. The second kappa shape index (κ2) is 6.88.